The number of ether oxygens (including phenoxy) is 2. The fourth-order valence-electron chi connectivity index (χ4n) is 2.98. The molecular formula is C19H18N4O3S. The first-order chi connectivity index (χ1) is 13.1. The normalized spacial score (nSPS) is 13.9. The van der Waals surface area contributed by atoms with E-state index >= 15 is 0 Å². The third kappa shape index (κ3) is 3.11. The standard InChI is InChI=1S/C19H18N4O3S/c1-4-7-22-14-10-15-16(26-9-8-25-15)11-17(14)27-19(22)21-18(24)13-5-6-20-23(13)12(2)3/h1,5-6,10-12H,7-9H2,2-3H3. The lowest BCUT2D eigenvalue weighted by Gasteiger charge is -2.18. The fourth-order valence-corrected chi connectivity index (χ4v) is 4.01. The summed E-state index contributed by atoms with van der Waals surface area (Å²) in [6.07, 6.45) is 7.15. The summed E-state index contributed by atoms with van der Waals surface area (Å²) in [4.78, 5) is 17.6. The Balaban J connectivity index is 1.86. The Morgan fingerprint density at radius 3 is 2.81 bits per heavy atom. The van der Waals surface area contributed by atoms with E-state index in [4.69, 9.17) is 15.9 Å². The highest BCUT2D eigenvalue weighted by Gasteiger charge is 2.18. The molecule has 27 heavy (non-hydrogen) atoms. The first-order valence-corrected chi connectivity index (χ1v) is 9.39. The Labute approximate surface area is 159 Å². The number of carbonyl (C=O) groups excluding carboxylic acids is 1. The van der Waals surface area contributed by atoms with Gasteiger partial charge >= 0.3 is 0 Å². The van der Waals surface area contributed by atoms with Crippen LogP contribution in [0.2, 0.25) is 0 Å². The number of terminal acetylenes is 1. The number of rotatable bonds is 3. The Kier molecular flexibility index (Phi) is 4.46. The summed E-state index contributed by atoms with van der Waals surface area (Å²) < 4.78 is 15.7. The molecule has 0 radical (unpaired) electrons. The molecule has 1 aliphatic heterocycles. The van der Waals surface area contributed by atoms with Crippen molar-refractivity contribution in [2.45, 2.75) is 26.4 Å². The van der Waals surface area contributed by atoms with Crippen LogP contribution in [0.15, 0.2) is 29.4 Å². The van der Waals surface area contributed by atoms with Gasteiger partial charge in [-0.1, -0.05) is 17.3 Å². The van der Waals surface area contributed by atoms with Crippen LogP contribution in [-0.4, -0.2) is 33.5 Å². The molecule has 0 saturated heterocycles. The SMILES string of the molecule is C#CCn1c(=NC(=O)c2ccnn2C(C)C)sc2cc3c(cc21)OCCO3. The molecule has 4 rings (SSSR count). The lowest BCUT2D eigenvalue weighted by molar-refractivity contribution is 0.0986. The second-order valence-corrected chi connectivity index (χ2v) is 7.32. The summed E-state index contributed by atoms with van der Waals surface area (Å²) in [5.74, 6) is 3.65. The van der Waals surface area contributed by atoms with E-state index in [9.17, 15) is 4.79 Å². The zero-order chi connectivity index (χ0) is 19.0. The Morgan fingerprint density at radius 2 is 2.11 bits per heavy atom. The molecule has 0 fully saturated rings. The topological polar surface area (TPSA) is 70.6 Å². The average molecular weight is 382 g/mol. The third-order valence-electron chi connectivity index (χ3n) is 4.17. The highest BCUT2D eigenvalue weighted by Crippen LogP contribution is 2.35. The van der Waals surface area contributed by atoms with Gasteiger partial charge in [0.05, 0.1) is 16.8 Å². The molecule has 0 atom stereocenters. The second kappa shape index (κ2) is 6.93. The molecule has 8 heteroatoms. The Morgan fingerprint density at radius 1 is 1.37 bits per heavy atom. The van der Waals surface area contributed by atoms with Crippen LogP contribution in [0.1, 0.15) is 30.4 Å². The van der Waals surface area contributed by atoms with Gasteiger partial charge in [-0.25, -0.2) is 0 Å². The lowest BCUT2D eigenvalue weighted by atomic mass is 10.2. The van der Waals surface area contributed by atoms with Crippen molar-refractivity contribution in [3.05, 3.63) is 34.9 Å². The van der Waals surface area contributed by atoms with Crippen LogP contribution in [0.3, 0.4) is 0 Å². The first kappa shape index (κ1) is 17.4. The maximum atomic E-state index is 12.8. The van der Waals surface area contributed by atoms with Crippen LogP contribution in [-0.2, 0) is 6.54 Å². The molecule has 2 aromatic heterocycles. The van der Waals surface area contributed by atoms with Crippen LogP contribution in [0.5, 0.6) is 11.5 Å². The number of amides is 1. The maximum Gasteiger partial charge on any atom is 0.297 e. The predicted octanol–water partition coefficient (Wildman–Crippen LogP) is 2.63. The predicted molar refractivity (Wildman–Crippen MR) is 102 cm³/mol. The van der Waals surface area contributed by atoms with Gasteiger partial charge in [0.2, 0.25) is 0 Å². The third-order valence-corrected chi connectivity index (χ3v) is 5.21. The summed E-state index contributed by atoms with van der Waals surface area (Å²) in [6.45, 7) is 5.25. The number of nitrogens with zero attached hydrogens (tertiary/aromatic N) is 4. The lowest BCUT2D eigenvalue weighted by Crippen LogP contribution is -2.19. The number of aromatic nitrogens is 3. The Hall–Kier alpha value is -3.05. The number of hydrogen-bond donors (Lipinski definition) is 0. The molecule has 3 heterocycles. The summed E-state index contributed by atoms with van der Waals surface area (Å²) in [7, 11) is 0. The molecule has 0 saturated carbocycles. The number of benzene rings is 1. The van der Waals surface area contributed by atoms with Crippen LogP contribution >= 0.6 is 11.3 Å². The molecule has 3 aromatic rings. The average Bonchev–Trinajstić information content (AvgIpc) is 3.26. The number of thiazole rings is 1. The van der Waals surface area contributed by atoms with E-state index in [-0.39, 0.29) is 11.9 Å². The van der Waals surface area contributed by atoms with Gasteiger partial charge in [-0.05, 0) is 19.9 Å². The largest absolute Gasteiger partial charge is 0.486 e. The van der Waals surface area contributed by atoms with E-state index in [1.807, 2.05) is 30.5 Å². The molecule has 1 aromatic carbocycles. The molecule has 138 valence electrons. The van der Waals surface area contributed by atoms with Gasteiger partial charge in [0.25, 0.3) is 5.91 Å². The van der Waals surface area contributed by atoms with E-state index < -0.39 is 0 Å². The number of fused-ring (bicyclic) bond motifs is 2. The van der Waals surface area contributed by atoms with Crippen LogP contribution < -0.4 is 14.3 Å². The molecule has 7 nitrogen and oxygen atoms in total. The van der Waals surface area contributed by atoms with Crippen molar-refractivity contribution in [1.29, 1.82) is 0 Å². The molecule has 0 unspecified atom stereocenters. The first-order valence-electron chi connectivity index (χ1n) is 8.57. The zero-order valence-corrected chi connectivity index (χ0v) is 15.8. The number of carbonyl (C=O) groups is 1. The van der Waals surface area contributed by atoms with Gasteiger partial charge in [-0.15, -0.1) is 6.42 Å². The van der Waals surface area contributed by atoms with Gasteiger partial charge < -0.3 is 14.0 Å². The summed E-state index contributed by atoms with van der Waals surface area (Å²) in [6, 6.07) is 5.53. The van der Waals surface area contributed by atoms with Crippen LogP contribution in [0.4, 0.5) is 0 Å². The molecule has 1 aliphatic rings. The highest BCUT2D eigenvalue weighted by atomic mass is 32.1. The van der Waals surface area contributed by atoms with Crippen molar-refractivity contribution in [2.75, 3.05) is 13.2 Å². The quantitative estimate of drug-likeness (QED) is 0.653. The van der Waals surface area contributed by atoms with Crippen molar-refractivity contribution in [2.24, 2.45) is 4.99 Å². The summed E-state index contributed by atoms with van der Waals surface area (Å²) in [5, 5.41) is 4.20. The minimum atomic E-state index is -0.351. The molecule has 0 N–H and O–H groups in total. The van der Waals surface area contributed by atoms with Crippen molar-refractivity contribution < 1.29 is 14.3 Å². The van der Waals surface area contributed by atoms with Crippen LogP contribution in [0, 0.1) is 12.3 Å². The summed E-state index contributed by atoms with van der Waals surface area (Å²) in [5.41, 5.74) is 1.31. The maximum absolute atomic E-state index is 12.8. The van der Waals surface area contributed by atoms with E-state index in [2.05, 4.69) is 16.0 Å². The van der Waals surface area contributed by atoms with Crippen molar-refractivity contribution >= 4 is 27.5 Å². The van der Waals surface area contributed by atoms with E-state index in [0.29, 0.717) is 41.8 Å². The monoisotopic (exact) mass is 382 g/mol. The van der Waals surface area contributed by atoms with E-state index in [0.717, 1.165) is 10.2 Å². The van der Waals surface area contributed by atoms with E-state index in [1.165, 1.54) is 11.3 Å². The molecule has 0 aliphatic carbocycles. The van der Waals surface area contributed by atoms with E-state index in [1.54, 1.807) is 16.9 Å². The van der Waals surface area contributed by atoms with Gasteiger partial charge in [0, 0.05) is 24.4 Å². The van der Waals surface area contributed by atoms with Crippen molar-refractivity contribution in [3.8, 4) is 23.8 Å². The van der Waals surface area contributed by atoms with Crippen molar-refractivity contribution in [3.63, 3.8) is 0 Å². The minimum absolute atomic E-state index is 0.0652. The van der Waals surface area contributed by atoms with Crippen molar-refractivity contribution in [1.82, 2.24) is 14.3 Å². The van der Waals surface area contributed by atoms with Gasteiger partial charge in [0.15, 0.2) is 16.3 Å². The molecular weight excluding hydrogens is 364 g/mol. The van der Waals surface area contributed by atoms with Gasteiger partial charge in [0.1, 0.15) is 18.9 Å². The fraction of sp³-hybridized carbons (Fsp3) is 0.316. The second-order valence-electron chi connectivity index (χ2n) is 6.31. The highest BCUT2D eigenvalue weighted by molar-refractivity contribution is 7.16. The summed E-state index contributed by atoms with van der Waals surface area (Å²) >= 11 is 1.39. The Bertz CT molecular complexity index is 1130. The van der Waals surface area contributed by atoms with Gasteiger partial charge in [-0.2, -0.15) is 10.1 Å². The molecule has 0 bridgehead atoms. The van der Waals surface area contributed by atoms with Crippen LogP contribution in [0.25, 0.3) is 10.2 Å². The zero-order valence-electron chi connectivity index (χ0n) is 15.0. The van der Waals surface area contributed by atoms with Gasteiger partial charge in [-0.3, -0.25) is 9.48 Å². The minimum Gasteiger partial charge on any atom is -0.486 e. The smallest absolute Gasteiger partial charge is 0.297 e. The molecule has 1 amide bonds. The number of hydrogen-bond acceptors (Lipinski definition) is 5. The molecule has 0 spiro atoms.